The van der Waals surface area contributed by atoms with E-state index in [2.05, 4.69) is 95.1 Å². The van der Waals surface area contributed by atoms with Gasteiger partial charge < -0.3 is 17.1 Å². The molecular formula is C30H43ClN2O. The molecule has 34 heavy (non-hydrogen) atoms. The Kier molecular flexibility index (Phi) is 8.52. The minimum absolute atomic E-state index is 0. The van der Waals surface area contributed by atoms with E-state index in [4.69, 9.17) is 4.74 Å². The third kappa shape index (κ3) is 5.52. The van der Waals surface area contributed by atoms with Crippen LogP contribution in [0.4, 0.5) is 0 Å². The first-order chi connectivity index (χ1) is 15.6. The van der Waals surface area contributed by atoms with Gasteiger partial charge in [0.15, 0.2) is 17.8 Å². The molecule has 1 saturated carbocycles. The van der Waals surface area contributed by atoms with Gasteiger partial charge in [-0.1, -0.05) is 38.5 Å². The summed E-state index contributed by atoms with van der Waals surface area (Å²) in [6.07, 6.45) is 6.45. The maximum absolute atomic E-state index is 6.62. The Bertz CT molecular complexity index is 1120. The Morgan fingerprint density at radius 1 is 0.941 bits per heavy atom. The van der Waals surface area contributed by atoms with Gasteiger partial charge in [-0.2, -0.15) is 0 Å². The monoisotopic (exact) mass is 482 g/mol. The van der Waals surface area contributed by atoms with E-state index in [0.717, 1.165) is 18.4 Å². The molecule has 1 fully saturated rings. The van der Waals surface area contributed by atoms with Crippen molar-refractivity contribution in [1.82, 2.24) is 4.57 Å². The lowest BCUT2D eigenvalue weighted by atomic mass is 9.76. The molecule has 3 atom stereocenters. The molecule has 0 unspecified atom stereocenters. The maximum Gasteiger partial charge on any atom is 0.246 e. The molecule has 0 spiro atoms. The van der Waals surface area contributed by atoms with E-state index in [1.165, 1.54) is 63.7 Å². The molecular weight excluding hydrogens is 440 g/mol. The summed E-state index contributed by atoms with van der Waals surface area (Å²) in [5.41, 5.74) is 10.7. The van der Waals surface area contributed by atoms with E-state index >= 15 is 0 Å². The van der Waals surface area contributed by atoms with Gasteiger partial charge >= 0.3 is 0 Å². The van der Waals surface area contributed by atoms with E-state index in [0.29, 0.717) is 18.8 Å². The number of rotatable bonds is 6. The van der Waals surface area contributed by atoms with Crippen molar-refractivity contribution < 1.29 is 21.7 Å². The van der Waals surface area contributed by atoms with Crippen LogP contribution in [0.2, 0.25) is 0 Å². The van der Waals surface area contributed by atoms with Crippen LogP contribution < -0.4 is 17.0 Å². The number of fused-ring (bicyclic) bond motifs is 1. The number of ether oxygens (including phenoxy) is 1. The highest BCUT2D eigenvalue weighted by Crippen LogP contribution is 2.35. The molecule has 1 aliphatic carbocycles. The van der Waals surface area contributed by atoms with Crippen molar-refractivity contribution >= 4 is 11.0 Å². The average molecular weight is 483 g/mol. The largest absolute Gasteiger partial charge is 1.00 e. The molecule has 4 rings (SSSR count). The van der Waals surface area contributed by atoms with E-state index in [1.54, 1.807) is 0 Å². The molecule has 3 nitrogen and oxygen atoms in total. The normalized spacial score (nSPS) is 20.7. The highest BCUT2D eigenvalue weighted by Gasteiger charge is 2.31. The van der Waals surface area contributed by atoms with Crippen molar-refractivity contribution in [1.29, 1.82) is 0 Å². The Labute approximate surface area is 212 Å². The van der Waals surface area contributed by atoms with Gasteiger partial charge in [0.1, 0.15) is 6.54 Å². The summed E-state index contributed by atoms with van der Waals surface area (Å²) >= 11 is 0. The van der Waals surface area contributed by atoms with Crippen molar-refractivity contribution in [2.75, 3.05) is 0 Å². The number of aromatic nitrogens is 2. The van der Waals surface area contributed by atoms with Crippen LogP contribution in [0, 0.1) is 52.4 Å². The van der Waals surface area contributed by atoms with Crippen molar-refractivity contribution in [3.63, 3.8) is 0 Å². The van der Waals surface area contributed by atoms with Gasteiger partial charge in [0, 0.05) is 0 Å². The molecule has 4 heteroatoms. The summed E-state index contributed by atoms with van der Waals surface area (Å²) in [6.45, 7) is 19.7. The van der Waals surface area contributed by atoms with Crippen LogP contribution in [0.25, 0.3) is 11.0 Å². The number of hydrogen-bond acceptors (Lipinski definition) is 1. The number of hydrogen-bond donors (Lipinski definition) is 0. The zero-order valence-corrected chi connectivity index (χ0v) is 23.2. The van der Waals surface area contributed by atoms with Crippen LogP contribution in [0.1, 0.15) is 73.4 Å². The Morgan fingerprint density at radius 2 is 1.59 bits per heavy atom. The quantitative estimate of drug-likeness (QED) is 0.486. The summed E-state index contributed by atoms with van der Waals surface area (Å²) in [7, 11) is 0. The molecule has 0 bridgehead atoms. The van der Waals surface area contributed by atoms with Gasteiger partial charge in [0.05, 0.1) is 6.10 Å². The van der Waals surface area contributed by atoms with Crippen molar-refractivity contribution in [2.24, 2.45) is 17.8 Å². The fourth-order valence-electron chi connectivity index (χ4n) is 5.72. The van der Waals surface area contributed by atoms with Gasteiger partial charge in [-0.25, -0.2) is 9.13 Å². The molecule has 1 heterocycles. The first kappa shape index (κ1) is 26.8. The summed E-state index contributed by atoms with van der Waals surface area (Å²) < 4.78 is 11.4. The molecule has 2 aromatic carbocycles. The Morgan fingerprint density at radius 3 is 2.24 bits per heavy atom. The van der Waals surface area contributed by atoms with Crippen LogP contribution in [-0.2, 0) is 18.0 Å². The fraction of sp³-hybridized carbons (Fsp3) is 0.567. The highest BCUT2D eigenvalue weighted by atomic mass is 35.5. The number of halogens is 1. The Balaban J connectivity index is 0.00000324. The van der Waals surface area contributed by atoms with Gasteiger partial charge in [0.2, 0.25) is 6.33 Å². The smallest absolute Gasteiger partial charge is 0.246 e. The lowest BCUT2D eigenvalue weighted by Gasteiger charge is -2.35. The third-order valence-corrected chi connectivity index (χ3v) is 8.19. The molecule has 0 amide bonds. The second-order valence-corrected chi connectivity index (χ2v) is 11.1. The molecule has 0 N–H and O–H groups in total. The van der Waals surface area contributed by atoms with Crippen LogP contribution in [-0.4, -0.2) is 10.7 Å². The number of benzene rings is 2. The second-order valence-electron chi connectivity index (χ2n) is 11.1. The summed E-state index contributed by atoms with van der Waals surface area (Å²) in [4.78, 5) is 0. The van der Waals surface area contributed by atoms with Crippen molar-refractivity contribution in [2.45, 2.75) is 94.0 Å². The Hall–Kier alpha value is -1.84. The van der Waals surface area contributed by atoms with Crippen LogP contribution >= 0.6 is 0 Å². The zero-order chi connectivity index (χ0) is 23.9. The minimum atomic E-state index is 0. The molecule has 186 valence electrons. The zero-order valence-electron chi connectivity index (χ0n) is 22.4. The van der Waals surface area contributed by atoms with Gasteiger partial charge in [-0.15, -0.1) is 0 Å². The lowest BCUT2D eigenvalue weighted by Crippen LogP contribution is -3.00. The summed E-state index contributed by atoms with van der Waals surface area (Å²) in [6, 6.07) is 9.28. The lowest BCUT2D eigenvalue weighted by molar-refractivity contribution is -0.663. The molecule has 1 aromatic heterocycles. The van der Waals surface area contributed by atoms with Crippen molar-refractivity contribution in [3.05, 3.63) is 64.0 Å². The number of aryl methyl sites for hydroxylation is 5. The molecule has 3 aromatic rings. The minimum Gasteiger partial charge on any atom is -1.00 e. The second kappa shape index (κ2) is 10.8. The number of imidazole rings is 1. The molecule has 0 aliphatic heterocycles. The number of nitrogens with zero attached hydrogens (tertiary/aromatic N) is 2. The molecule has 0 radical (unpaired) electrons. The predicted molar refractivity (Wildman–Crippen MR) is 138 cm³/mol. The first-order valence-electron chi connectivity index (χ1n) is 12.8. The first-order valence-corrected chi connectivity index (χ1v) is 12.8. The predicted octanol–water partition coefficient (Wildman–Crippen LogP) is 3.96. The standard InChI is InChI=1S/C30H43N2O.ClH/c1-19(2)26-10-9-21(4)30(15-26)33-18-32-17-31(28-13-22(5)23(6)14-29(28)32)16-27-24(7)11-20(3)12-25(27)8;/h11-14,17,19,21,26,30H,9-10,15-16,18H2,1-8H3;1H/q+1;/p-1/t21-,26+,30-;/m0./s1. The molecule has 0 saturated heterocycles. The summed E-state index contributed by atoms with van der Waals surface area (Å²) in [5, 5.41) is 0. The van der Waals surface area contributed by atoms with Gasteiger partial charge in [-0.3, -0.25) is 0 Å². The van der Waals surface area contributed by atoms with Crippen molar-refractivity contribution in [3.8, 4) is 0 Å². The highest BCUT2D eigenvalue weighted by molar-refractivity contribution is 5.74. The average Bonchev–Trinajstić information content (AvgIpc) is 3.06. The van der Waals surface area contributed by atoms with E-state index in [1.807, 2.05) is 0 Å². The van der Waals surface area contributed by atoms with E-state index < -0.39 is 0 Å². The molecule has 1 aliphatic rings. The SMILES string of the molecule is Cc1cc(C)c(C[n+]2cn(CO[C@H]3C[C@H](C(C)C)CC[C@@H]3C)c3cc(C)c(C)cc32)c(C)c1.[Cl-]. The fourth-order valence-corrected chi connectivity index (χ4v) is 5.72. The van der Waals surface area contributed by atoms with Crippen LogP contribution in [0.15, 0.2) is 30.6 Å². The van der Waals surface area contributed by atoms with Gasteiger partial charge in [-0.05, 0) is 112 Å². The van der Waals surface area contributed by atoms with Crippen LogP contribution in [0.3, 0.4) is 0 Å². The van der Waals surface area contributed by atoms with Gasteiger partial charge in [0.25, 0.3) is 0 Å². The summed E-state index contributed by atoms with van der Waals surface area (Å²) in [5.74, 6) is 2.16. The van der Waals surface area contributed by atoms with E-state index in [9.17, 15) is 0 Å². The van der Waals surface area contributed by atoms with Crippen LogP contribution in [0.5, 0.6) is 0 Å². The topological polar surface area (TPSA) is 18.0 Å². The van der Waals surface area contributed by atoms with E-state index in [-0.39, 0.29) is 12.4 Å². The maximum atomic E-state index is 6.62. The third-order valence-electron chi connectivity index (χ3n) is 8.19.